The van der Waals surface area contributed by atoms with Crippen molar-refractivity contribution in [2.75, 3.05) is 5.73 Å². The Morgan fingerprint density at radius 3 is 2.93 bits per heavy atom. The van der Waals surface area contributed by atoms with Crippen LogP contribution >= 0.6 is 0 Å². The molecule has 1 saturated carbocycles. The zero-order valence-corrected chi connectivity index (χ0v) is 8.29. The topological polar surface area (TPSA) is 56.0 Å². The second kappa shape index (κ2) is 3.08. The second-order valence-corrected chi connectivity index (χ2v) is 4.24. The first-order valence-electron chi connectivity index (χ1n) is 4.83. The summed E-state index contributed by atoms with van der Waals surface area (Å²) in [5, 5.41) is 0. The van der Waals surface area contributed by atoms with Gasteiger partial charge in [0.25, 0.3) is 0 Å². The maximum Gasteiger partial charge on any atom is 0.143 e. The molecule has 1 aliphatic carbocycles. The smallest absolute Gasteiger partial charge is 0.143 e. The van der Waals surface area contributed by atoms with E-state index in [2.05, 4.69) is 4.98 Å². The lowest BCUT2D eigenvalue weighted by Gasteiger charge is -2.08. The van der Waals surface area contributed by atoms with Crippen LogP contribution in [-0.2, 0) is 11.2 Å². The van der Waals surface area contributed by atoms with Crippen LogP contribution in [0.25, 0.3) is 0 Å². The number of rotatable bonds is 3. The fourth-order valence-electron chi connectivity index (χ4n) is 1.44. The fourth-order valence-corrected chi connectivity index (χ4v) is 1.44. The zero-order chi connectivity index (χ0) is 10.2. The third-order valence-corrected chi connectivity index (χ3v) is 2.97. The van der Waals surface area contributed by atoms with Gasteiger partial charge in [-0.1, -0.05) is 6.92 Å². The average Bonchev–Trinajstić information content (AvgIpc) is 2.89. The monoisotopic (exact) mass is 190 g/mol. The second-order valence-electron chi connectivity index (χ2n) is 4.24. The van der Waals surface area contributed by atoms with Crippen molar-refractivity contribution < 1.29 is 4.79 Å². The molecular formula is C11H14N2O. The molecule has 1 fully saturated rings. The van der Waals surface area contributed by atoms with Crippen LogP contribution in [0.1, 0.15) is 25.3 Å². The van der Waals surface area contributed by atoms with Gasteiger partial charge in [-0.2, -0.15) is 0 Å². The van der Waals surface area contributed by atoms with Gasteiger partial charge in [0.15, 0.2) is 0 Å². The molecule has 0 amide bonds. The fraction of sp³-hybridized carbons (Fsp3) is 0.455. The molecule has 0 atom stereocenters. The van der Waals surface area contributed by atoms with Crippen molar-refractivity contribution in [2.24, 2.45) is 5.41 Å². The number of nitrogens with zero attached hydrogens (tertiary/aromatic N) is 1. The van der Waals surface area contributed by atoms with Crippen LogP contribution in [0.5, 0.6) is 0 Å². The quantitative estimate of drug-likeness (QED) is 0.787. The molecule has 0 bridgehead atoms. The molecule has 0 aromatic carbocycles. The minimum atomic E-state index is -0.0672. The van der Waals surface area contributed by atoms with Gasteiger partial charge in [0.05, 0.1) is 0 Å². The molecule has 3 heteroatoms. The van der Waals surface area contributed by atoms with Crippen molar-refractivity contribution >= 4 is 11.5 Å². The van der Waals surface area contributed by atoms with Crippen molar-refractivity contribution in [3.8, 4) is 0 Å². The number of anilines is 1. The Labute approximate surface area is 83.3 Å². The highest BCUT2D eigenvalue weighted by Crippen LogP contribution is 2.46. The van der Waals surface area contributed by atoms with E-state index in [0.717, 1.165) is 18.4 Å². The summed E-state index contributed by atoms with van der Waals surface area (Å²) < 4.78 is 0. The lowest BCUT2D eigenvalue weighted by Crippen LogP contribution is -2.15. The largest absolute Gasteiger partial charge is 0.398 e. The molecule has 0 spiro atoms. The summed E-state index contributed by atoms with van der Waals surface area (Å²) in [5.41, 5.74) is 7.19. The number of Topliss-reactive ketones (excluding diaryl/α,β-unsaturated/α-hetero) is 1. The SMILES string of the molecule is CC1(C(=O)Cc2cnccc2N)CC1. The van der Waals surface area contributed by atoms with E-state index in [4.69, 9.17) is 5.73 Å². The first-order valence-corrected chi connectivity index (χ1v) is 4.83. The van der Waals surface area contributed by atoms with E-state index in [-0.39, 0.29) is 11.2 Å². The summed E-state index contributed by atoms with van der Waals surface area (Å²) in [6.07, 6.45) is 5.79. The molecule has 3 nitrogen and oxygen atoms in total. The maximum atomic E-state index is 11.8. The number of aromatic nitrogens is 1. The molecular weight excluding hydrogens is 176 g/mol. The summed E-state index contributed by atoms with van der Waals surface area (Å²) in [5.74, 6) is 0.289. The van der Waals surface area contributed by atoms with Crippen LogP contribution in [0.4, 0.5) is 5.69 Å². The number of carbonyl (C=O) groups excluding carboxylic acids is 1. The van der Waals surface area contributed by atoms with Crippen LogP contribution in [0.15, 0.2) is 18.5 Å². The predicted molar refractivity (Wildman–Crippen MR) is 54.7 cm³/mol. The average molecular weight is 190 g/mol. The van der Waals surface area contributed by atoms with E-state index in [1.54, 1.807) is 18.5 Å². The van der Waals surface area contributed by atoms with Gasteiger partial charge in [-0.05, 0) is 18.9 Å². The molecule has 1 heterocycles. The molecule has 0 saturated heterocycles. The van der Waals surface area contributed by atoms with Crippen LogP contribution in [0, 0.1) is 5.41 Å². The Morgan fingerprint density at radius 1 is 1.64 bits per heavy atom. The van der Waals surface area contributed by atoms with Gasteiger partial charge in [0, 0.05) is 35.5 Å². The van der Waals surface area contributed by atoms with Crippen LogP contribution < -0.4 is 5.73 Å². The van der Waals surface area contributed by atoms with Gasteiger partial charge >= 0.3 is 0 Å². The van der Waals surface area contributed by atoms with Crippen molar-refractivity contribution in [1.29, 1.82) is 0 Å². The Bertz CT molecular complexity index is 369. The molecule has 0 unspecified atom stereocenters. The molecule has 0 aliphatic heterocycles. The van der Waals surface area contributed by atoms with Crippen LogP contribution in [-0.4, -0.2) is 10.8 Å². The number of nitrogen functional groups attached to an aromatic ring is 1. The summed E-state index contributed by atoms with van der Waals surface area (Å²) in [6.45, 7) is 2.02. The molecule has 1 aliphatic rings. The number of pyridine rings is 1. The minimum absolute atomic E-state index is 0.0672. The third kappa shape index (κ3) is 1.62. The van der Waals surface area contributed by atoms with Crippen molar-refractivity contribution in [2.45, 2.75) is 26.2 Å². The number of nitrogens with two attached hydrogens (primary N) is 1. The van der Waals surface area contributed by atoms with Crippen LogP contribution in [0.2, 0.25) is 0 Å². The zero-order valence-electron chi connectivity index (χ0n) is 8.29. The first kappa shape index (κ1) is 9.19. The molecule has 1 aromatic heterocycles. The van der Waals surface area contributed by atoms with Crippen LogP contribution in [0.3, 0.4) is 0 Å². The number of carbonyl (C=O) groups is 1. The summed E-state index contributed by atoms with van der Waals surface area (Å²) in [4.78, 5) is 15.7. The lowest BCUT2D eigenvalue weighted by atomic mass is 9.97. The molecule has 0 radical (unpaired) electrons. The summed E-state index contributed by atoms with van der Waals surface area (Å²) in [7, 11) is 0. The van der Waals surface area contributed by atoms with Gasteiger partial charge < -0.3 is 5.73 Å². The van der Waals surface area contributed by atoms with Gasteiger partial charge in [-0.25, -0.2) is 0 Å². The number of ketones is 1. The number of hydrogen-bond donors (Lipinski definition) is 1. The van der Waals surface area contributed by atoms with Crippen molar-refractivity contribution in [3.05, 3.63) is 24.0 Å². The van der Waals surface area contributed by atoms with Crippen molar-refractivity contribution in [1.82, 2.24) is 4.98 Å². The number of hydrogen-bond acceptors (Lipinski definition) is 3. The van der Waals surface area contributed by atoms with Gasteiger partial charge in [-0.15, -0.1) is 0 Å². The van der Waals surface area contributed by atoms with Gasteiger partial charge in [0.1, 0.15) is 5.78 Å². The third-order valence-electron chi connectivity index (χ3n) is 2.97. The predicted octanol–water partition coefficient (Wildman–Crippen LogP) is 1.58. The molecule has 14 heavy (non-hydrogen) atoms. The highest BCUT2D eigenvalue weighted by Gasteiger charge is 2.44. The van der Waals surface area contributed by atoms with E-state index in [1.165, 1.54) is 0 Å². The van der Waals surface area contributed by atoms with E-state index in [1.807, 2.05) is 6.92 Å². The highest BCUT2D eigenvalue weighted by atomic mass is 16.1. The normalized spacial score (nSPS) is 17.8. The van der Waals surface area contributed by atoms with E-state index in [0.29, 0.717) is 12.1 Å². The summed E-state index contributed by atoms with van der Waals surface area (Å²) in [6, 6.07) is 1.73. The minimum Gasteiger partial charge on any atom is -0.398 e. The molecule has 74 valence electrons. The molecule has 2 N–H and O–H groups in total. The maximum absolute atomic E-state index is 11.8. The summed E-state index contributed by atoms with van der Waals surface area (Å²) >= 11 is 0. The van der Waals surface area contributed by atoms with E-state index < -0.39 is 0 Å². The van der Waals surface area contributed by atoms with Gasteiger partial charge in [0.2, 0.25) is 0 Å². The Hall–Kier alpha value is -1.38. The van der Waals surface area contributed by atoms with E-state index >= 15 is 0 Å². The van der Waals surface area contributed by atoms with Crippen molar-refractivity contribution in [3.63, 3.8) is 0 Å². The standard InChI is InChI=1S/C11H14N2O/c1-11(3-4-11)10(14)6-8-7-13-5-2-9(8)12/h2,5,7H,3-4,6H2,1H3,(H2,12,13). The highest BCUT2D eigenvalue weighted by molar-refractivity contribution is 5.89. The Morgan fingerprint density at radius 2 is 2.36 bits per heavy atom. The Balaban J connectivity index is 2.11. The molecule has 1 aromatic rings. The molecule has 2 rings (SSSR count). The first-order chi connectivity index (χ1) is 6.62. The Kier molecular flexibility index (Phi) is 2.02. The van der Waals surface area contributed by atoms with Gasteiger partial charge in [-0.3, -0.25) is 9.78 Å². The lowest BCUT2D eigenvalue weighted by molar-refractivity contribution is -0.122. The van der Waals surface area contributed by atoms with E-state index in [9.17, 15) is 4.79 Å².